The molecule has 2 rings (SSSR count). The molecule has 0 aromatic heterocycles. The fourth-order valence-corrected chi connectivity index (χ4v) is 3.85. The summed E-state index contributed by atoms with van der Waals surface area (Å²) in [6.07, 6.45) is 1.10. The average Bonchev–Trinajstić information content (AvgIpc) is 2.57. The highest BCUT2D eigenvalue weighted by Crippen LogP contribution is 2.25. The van der Waals surface area contributed by atoms with Crippen molar-refractivity contribution in [1.82, 2.24) is 5.32 Å². The first-order chi connectivity index (χ1) is 12.6. The first-order valence-electron chi connectivity index (χ1n) is 8.60. The Hall–Kier alpha value is -2.54. The lowest BCUT2D eigenvalue weighted by atomic mass is 10.1. The van der Waals surface area contributed by atoms with E-state index in [1.807, 2.05) is 51.1 Å². The molecule has 0 aliphatic rings. The first-order valence-corrected chi connectivity index (χ1v) is 10.4. The summed E-state index contributed by atoms with van der Waals surface area (Å²) in [5, 5.41) is 2.85. The minimum atomic E-state index is -3.61. The number of aryl methyl sites for hydroxylation is 2. The maximum absolute atomic E-state index is 12.6. The van der Waals surface area contributed by atoms with Crippen molar-refractivity contribution in [3.05, 3.63) is 59.2 Å². The molecule has 27 heavy (non-hydrogen) atoms. The molecule has 0 saturated heterocycles. The van der Waals surface area contributed by atoms with Gasteiger partial charge in [0.2, 0.25) is 15.9 Å². The van der Waals surface area contributed by atoms with Gasteiger partial charge in [-0.2, -0.15) is 0 Å². The molecule has 0 radical (unpaired) electrons. The second kappa shape index (κ2) is 8.43. The molecule has 146 valence electrons. The highest BCUT2D eigenvalue weighted by atomic mass is 32.2. The third-order valence-electron chi connectivity index (χ3n) is 4.16. The van der Waals surface area contributed by atoms with Gasteiger partial charge in [0.05, 0.1) is 25.1 Å². The van der Waals surface area contributed by atoms with Crippen LogP contribution >= 0.6 is 0 Å². The quantitative estimate of drug-likeness (QED) is 0.789. The topological polar surface area (TPSA) is 75.7 Å². The van der Waals surface area contributed by atoms with Crippen molar-refractivity contribution in [2.24, 2.45) is 0 Å². The minimum Gasteiger partial charge on any atom is -0.496 e. The number of sulfonamides is 1. The molecule has 2 aromatic carbocycles. The number of carbonyl (C=O) groups excluding carboxylic acids is 1. The van der Waals surface area contributed by atoms with Crippen LogP contribution in [-0.4, -0.2) is 34.2 Å². The molecular formula is C20H26N2O4S. The Morgan fingerprint density at radius 2 is 1.74 bits per heavy atom. The second-order valence-corrected chi connectivity index (χ2v) is 8.55. The molecular weight excluding hydrogens is 364 g/mol. The summed E-state index contributed by atoms with van der Waals surface area (Å²) in [7, 11) is -2.04. The Balaban J connectivity index is 2.22. The molecule has 0 aliphatic carbocycles. The van der Waals surface area contributed by atoms with Gasteiger partial charge in [-0.05, 0) is 50.1 Å². The van der Waals surface area contributed by atoms with Gasteiger partial charge in [0.25, 0.3) is 0 Å². The molecule has 1 N–H and O–H groups in total. The van der Waals surface area contributed by atoms with Crippen molar-refractivity contribution < 1.29 is 17.9 Å². The fourth-order valence-electron chi connectivity index (χ4n) is 3.01. The predicted octanol–water partition coefficient (Wildman–Crippen LogP) is 2.96. The molecule has 0 heterocycles. The standard InChI is InChI=1S/C20H26N2O4S/c1-14-10-15(2)12-17(11-14)22(27(5,24)25)13-20(23)21-16(3)18-8-6-7-9-19(18)26-4/h6-12,16H,13H2,1-5H3,(H,21,23)/t16-/m1/s1. The van der Waals surface area contributed by atoms with E-state index in [4.69, 9.17) is 4.74 Å². The Labute approximate surface area is 161 Å². The lowest BCUT2D eigenvalue weighted by molar-refractivity contribution is -0.120. The Kier molecular flexibility index (Phi) is 6.49. The van der Waals surface area contributed by atoms with Crippen LogP contribution in [0.1, 0.15) is 29.7 Å². The number of anilines is 1. The van der Waals surface area contributed by atoms with Gasteiger partial charge in [0, 0.05) is 5.56 Å². The van der Waals surface area contributed by atoms with Crippen LogP contribution in [-0.2, 0) is 14.8 Å². The van der Waals surface area contributed by atoms with E-state index >= 15 is 0 Å². The molecule has 1 amide bonds. The van der Waals surface area contributed by atoms with Crippen LogP contribution in [0, 0.1) is 13.8 Å². The van der Waals surface area contributed by atoms with Gasteiger partial charge >= 0.3 is 0 Å². The second-order valence-electron chi connectivity index (χ2n) is 6.65. The third kappa shape index (κ3) is 5.47. The number of methoxy groups -OCH3 is 1. The summed E-state index contributed by atoms with van der Waals surface area (Å²) < 4.78 is 31.0. The van der Waals surface area contributed by atoms with Gasteiger partial charge in [0.15, 0.2) is 0 Å². The van der Waals surface area contributed by atoms with E-state index in [9.17, 15) is 13.2 Å². The Morgan fingerprint density at radius 1 is 1.15 bits per heavy atom. The number of amides is 1. The molecule has 1 atom stereocenters. The van der Waals surface area contributed by atoms with Crippen molar-refractivity contribution in [1.29, 1.82) is 0 Å². The monoisotopic (exact) mass is 390 g/mol. The summed E-state index contributed by atoms with van der Waals surface area (Å²) in [4.78, 5) is 12.6. The van der Waals surface area contributed by atoms with Gasteiger partial charge in [-0.15, -0.1) is 0 Å². The summed E-state index contributed by atoms with van der Waals surface area (Å²) >= 11 is 0. The normalized spacial score (nSPS) is 12.3. The SMILES string of the molecule is COc1ccccc1[C@@H](C)NC(=O)CN(c1cc(C)cc(C)c1)S(C)(=O)=O. The van der Waals surface area contributed by atoms with Gasteiger partial charge in [-0.3, -0.25) is 9.10 Å². The molecule has 2 aromatic rings. The van der Waals surface area contributed by atoms with Gasteiger partial charge < -0.3 is 10.1 Å². The third-order valence-corrected chi connectivity index (χ3v) is 5.31. The van der Waals surface area contributed by atoms with Crippen molar-refractivity contribution in [2.75, 3.05) is 24.2 Å². The zero-order valence-electron chi connectivity index (χ0n) is 16.3. The Bertz CT molecular complexity index is 905. The van der Waals surface area contributed by atoms with Crippen molar-refractivity contribution >= 4 is 21.6 Å². The maximum atomic E-state index is 12.6. The van der Waals surface area contributed by atoms with Gasteiger partial charge in [-0.25, -0.2) is 8.42 Å². The van der Waals surface area contributed by atoms with Crippen molar-refractivity contribution in [3.63, 3.8) is 0 Å². The van der Waals surface area contributed by atoms with E-state index in [1.165, 1.54) is 0 Å². The van der Waals surface area contributed by atoms with Crippen molar-refractivity contribution in [2.45, 2.75) is 26.8 Å². The van der Waals surface area contributed by atoms with E-state index in [-0.39, 0.29) is 12.6 Å². The highest BCUT2D eigenvalue weighted by molar-refractivity contribution is 7.92. The highest BCUT2D eigenvalue weighted by Gasteiger charge is 2.23. The molecule has 6 nitrogen and oxygen atoms in total. The zero-order valence-corrected chi connectivity index (χ0v) is 17.1. The van der Waals surface area contributed by atoms with Crippen LogP contribution in [0.15, 0.2) is 42.5 Å². The average molecular weight is 391 g/mol. The van der Waals surface area contributed by atoms with E-state index < -0.39 is 15.9 Å². The van der Waals surface area contributed by atoms with E-state index in [0.29, 0.717) is 11.4 Å². The molecule has 0 spiro atoms. The summed E-state index contributed by atoms with van der Waals surface area (Å²) in [5.74, 6) is 0.276. The summed E-state index contributed by atoms with van der Waals surface area (Å²) in [6, 6.07) is 12.5. The number of rotatable bonds is 7. The largest absolute Gasteiger partial charge is 0.496 e. The van der Waals surface area contributed by atoms with Crippen LogP contribution in [0.25, 0.3) is 0 Å². The number of benzene rings is 2. The zero-order chi connectivity index (χ0) is 20.2. The van der Waals surface area contributed by atoms with E-state index in [0.717, 1.165) is 27.3 Å². The molecule has 0 saturated carbocycles. The summed E-state index contributed by atoms with van der Waals surface area (Å²) in [5.41, 5.74) is 3.17. The molecule has 0 bridgehead atoms. The van der Waals surface area contributed by atoms with Crippen LogP contribution in [0.4, 0.5) is 5.69 Å². The number of hydrogen-bond acceptors (Lipinski definition) is 4. The number of hydrogen-bond donors (Lipinski definition) is 1. The Morgan fingerprint density at radius 3 is 2.30 bits per heavy atom. The minimum absolute atomic E-state index is 0.290. The fraction of sp³-hybridized carbons (Fsp3) is 0.350. The molecule has 0 unspecified atom stereocenters. The number of ether oxygens (including phenoxy) is 1. The first kappa shape index (κ1) is 20.8. The molecule has 7 heteroatoms. The maximum Gasteiger partial charge on any atom is 0.241 e. The predicted molar refractivity (Wildman–Crippen MR) is 108 cm³/mol. The lowest BCUT2D eigenvalue weighted by Crippen LogP contribution is -2.41. The van der Waals surface area contributed by atoms with Gasteiger partial charge in [-0.1, -0.05) is 24.3 Å². The lowest BCUT2D eigenvalue weighted by Gasteiger charge is -2.24. The van der Waals surface area contributed by atoms with Crippen LogP contribution in [0.3, 0.4) is 0 Å². The number of carbonyl (C=O) groups is 1. The summed E-state index contributed by atoms with van der Waals surface area (Å²) in [6.45, 7) is 5.32. The number of nitrogens with zero attached hydrogens (tertiary/aromatic N) is 1. The van der Waals surface area contributed by atoms with Gasteiger partial charge in [0.1, 0.15) is 12.3 Å². The van der Waals surface area contributed by atoms with E-state index in [2.05, 4.69) is 5.32 Å². The van der Waals surface area contributed by atoms with Crippen LogP contribution in [0.5, 0.6) is 5.75 Å². The molecule has 0 aliphatic heterocycles. The van der Waals surface area contributed by atoms with Crippen LogP contribution < -0.4 is 14.4 Å². The van der Waals surface area contributed by atoms with Crippen LogP contribution in [0.2, 0.25) is 0 Å². The van der Waals surface area contributed by atoms with E-state index in [1.54, 1.807) is 19.2 Å². The number of nitrogens with one attached hydrogen (secondary N) is 1. The smallest absolute Gasteiger partial charge is 0.241 e. The van der Waals surface area contributed by atoms with Crippen molar-refractivity contribution in [3.8, 4) is 5.75 Å². The number of para-hydroxylation sites is 1. The molecule has 0 fully saturated rings.